The maximum atomic E-state index is 5.66. The minimum atomic E-state index is 0.378. The van der Waals surface area contributed by atoms with Crippen molar-refractivity contribution >= 4 is 23.1 Å². The zero-order valence-corrected chi connectivity index (χ0v) is 10.1. The van der Waals surface area contributed by atoms with Crippen LogP contribution in [-0.4, -0.2) is 17.3 Å². The summed E-state index contributed by atoms with van der Waals surface area (Å²) in [6.07, 6.45) is 0. The Labute approximate surface area is 105 Å². The number of halogens is 1. The lowest BCUT2D eigenvalue weighted by molar-refractivity contribution is 0.185. The molecule has 0 radical (unpaired) electrons. The summed E-state index contributed by atoms with van der Waals surface area (Å²) >= 11 is 5.66. The molecule has 1 heterocycles. The lowest BCUT2D eigenvalue weighted by atomic mass is 10.2. The predicted molar refractivity (Wildman–Crippen MR) is 67.5 cm³/mol. The molecular formula is C12H12ClN3O. The number of rotatable bonds is 4. The van der Waals surface area contributed by atoms with Crippen LogP contribution in [0.1, 0.15) is 5.56 Å². The highest BCUT2D eigenvalue weighted by atomic mass is 35.5. The van der Waals surface area contributed by atoms with Gasteiger partial charge in [-0.15, -0.1) is 10.2 Å². The molecular weight excluding hydrogens is 238 g/mol. The highest BCUT2D eigenvalue weighted by Gasteiger charge is 1.98. The van der Waals surface area contributed by atoms with Gasteiger partial charge >= 0.3 is 0 Å². The number of benzene rings is 1. The molecule has 0 saturated heterocycles. The number of ether oxygens (including phenoxy) is 1. The molecule has 4 nitrogen and oxygen atoms in total. The largest absolute Gasteiger partial charge is 0.380 e. The molecule has 0 aliphatic heterocycles. The van der Waals surface area contributed by atoms with E-state index in [0.717, 1.165) is 11.3 Å². The molecule has 0 aliphatic rings. The van der Waals surface area contributed by atoms with Crippen molar-refractivity contribution in [1.82, 2.24) is 10.2 Å². The summed E-state index contributed by atoms with van der Waals surface area (Å²) in [4.78, 5) is 0. The van der Waals surface area contributed by atoms with Crippen molar-refractivity contribution in [3.05, 3.63) is 47.1 Å². The van der Waals surface area contributed by atoms with Crippen LogP contribution in [0.25, 0.3) is 0 Å². The topological polar surface area (TPSA) is 47.0 Å². The Morgan fingerprint density at radius 2 is 2.12 bits per heavy atom. The normalized spacial score (nSPS) is 10.2. The SMILES string of the molecule is COCc1cccc(Nc2ccc(Cl)nn2)c1. The number of nitrogens with zero attached hydrogens (tertiary/aromatic N) is 2. The van der Waals surface area contributed by atoms with Gasteiger partial charge in [-0.1, -0.05) is 23.7 Å². The van der Waals surface area contributed by atoms with Gasteiger partial charge in [0.25, 0.3) is 0 Å². The lowest BCUT2D eigenvalue weighted by Gasteiger charge is -2.06. The molecule has 0 spiro atoms. The molecule has 0 fully saturated rings. The Hall–Kier alpha value is -1.65. The van der Waals surface area contributed by atoms with E-state index in [1.54, 1.807) is 19.2 Å². The first-order valence-corrected chi connectivity index (χ1v) is 5.50. The predicted octanol–water partition coefficient (Wildman–Crippen LogP) is 3.02. The molecule has 88 valence electrons. The molecule has 2 rings (SSSR count). The first-order chi connectivity index (χ1) is 8.28. The summed E-state index contributed by atoms with van der Waals surface area (Å²) < 4.78 is 5.08. The van der Waals surface area contributed by atoms with E-state index in [1.807, 2.05) is 24.3 Å². The average Bonchev–Trinajstić information content (AvgIpc) is 2.33. The molecule has 1 aromatic heterocycles. The van der Waals surface area contributed by atoms with Crippen molar-refractivity contribution in [3.63, 3.8) is 0 Å². The Morgan fingerprint density at radius 3 is 2.82 bits per heavy atom. The van der Waals surface area contributed by atoms with E-state index >= 15 is 0 Å². The van der Waals surface area contributed by atoms with Crippen LogP contribution in [0.15, 0.2) is 36.4 Å². The minimum absolute atomic E-state index is 0.378. The van der Waals surface area contributed by atoms with Crippen molar-refractivity contribution in [2.75, 3.05) is 12.4 Å². The van der Waals surface area contributed by atoms with Crippen LogP contribution in [0.3, 0.4) is 0 Å². The first kappa shape index (κ1) is 11.8. The van der Waals surface area contributed by atoms with Gasteiger partial charge in [0, 0.05) is 12.8 Å². The van der Waals surface area contributed by atoms with Gasteiger partial charge in [-0.05, 0) is 29.8 Å². The van der Waals surface area contributed by atoms with Crippen molar-refractivity contribution in [2.45, 2.75) is 6.61 Å². The third kappa shape index (κ3) is 3.41. The molecule has 0 unspecified atom stereocenters. The fourth-order valence-corrected chi connectivity index (χ4v) is 1.54. The van der Waals surface area contributed by atoms with Crippen molar-refractivity contribution in [1.29, 1.82) is 0 Å². The summed E-state index contributed by atoms with van der Waals surface area (Å²) in [7, 11) is 1.67. The molecule has 1 aromatic carbocycles. The van der Waals surface area contributed by atoms with Gasteiger partial charge in [0.15, 0.2) is 11.0 Å². The van der Waals surface area contributed by atoms with Crippen LogP contribution >= 0.6 is 11.6 Å². The number of methoxy groups -OCH3 is 1. The maximum absolute atomic E-state index is 5.66. The van der Waals surface area contributed by atoms with E-state index in [1.165, 1.54) is 0 Å². The molecule has 2 aromatic rings. The average molecular weight is 250 g/mol. The van der Waals surface area contributed by atoms with Crippen LogP contribution in [-0.2, 0) is 11.3 Å². The van der Waals surface area contributed by atoms with E-state index in [4.69, 9.17) is 16.3 Å². The number of aromatic nitrogens is 2. The number of nitrogens with one attached hydrogen (secondary N) is 1. The molecule has 1 N–H and O–H groups in total. The molecule has 0 atom stereocenters. The van der Waals surface area contributed by atoms with Crippen molar-refractivity contribution in [2.24, 2.45) is 0 Å². The standard InChI is InChI=1S/C12H12ClN3O/c1-17-8-9-3-2-4-10(7-9)14-12-6-5-11(13)15-16-12/h2-7H,8H2,1H3,(H,14,16). The van der Waals surface area contributed by atoms with E-state index in [2.05, 4.69) is 15.5 Å². The van der Waals surface area contributed by atoms with Crippen molar-refractivity contribution < 1.29 is 4.74 Å². The van der Waals surface area contributed by atoms with Crippen LogP contribution in [0.5, 0.6) is 0 Å². The van der Waals surface area contributed by atoms with Gasteiger partial charge in [0.05, 0.1) is 6.61 Å². The maximum Gasteiger partial charge on any atom is 0.153 e. The van der Waals surface area contributed by atoms with E-state index < -0.39 is 0 Å². The fraction of sp³-hybridized carbons (Fsp3) is 0.167. The van der Waals surface area contributed by atoms with E-state index in [9.17, 15) is 0 Å². The second-order valence-electron chi connectivity index (χ2n) is 3.50. The highest BCUT2D eigenvalue weighted by Crippen LogP contribution is 2.16. The smallest absolute Gasteiger partial charge is 0.153 e. The lowest BCUT2D eigenvalue weighted by Crippen LogP contribution is -1.96. The zero-order chi connectivity index (χ0) is 12.1. The molecule has 17 heavy (non-hydrogen) atoms. The first-order valence-electron chi connectivity index (χ1n) is 5.12. The summed E-state index contributed by atoms with van der Waals surface area (Å²) in [5, 5.41) is 11.2. The molecule has 0 aliphatic carbocycles. The summed E-state index contributed by atoms with van der Waals surface area (Å²) in [5.41, 5.74) is 2.04. The fourth-order valence-electron chi connectivity index (χ4n) is 1.44. The van der Waals surface area contributed by atoms with Gasteiger partial charge in [0.1, 0.15) is 0 Å². The number of hydrogen-bond donors (Lipinski definition) is 1. The monoisotopic (exact) mass is 249 g/mol. The van der Waals surface area contributed by atoms with E-state index in [0.29, 0.717) is 17.6 Å². The van der Waals surface area contributed by atoms with Gasteiger partial charge < -0.3 is 10.1 Å². The quantitative estimate of drug-likeness (QED) is 0.905. The van der Waals surface area contributed by atoms with Gasteiger partial charge in [-0.25, -0.2) is 0 Å². The van der Waals surface area contributed by atoms with Gasteiger partial charge in [-0.2, -0.15) is 0 Å². The summed E-state index contributed by atoms with van der Waals surface area (Å²) in [5.74, 6) is 0.656. The Balaban J connectivity index is 2.12. The number of anilines is 2. The number of hydrogen-bond acceptors (Lipinski definition) is 4. The summed E-state index contributed by atoms with van der Waals surface area (Å²) in [6, 6.07) is 11.4. The third-order valence-electron chi connectivity index (χ3n) is 2.14. The zero-order valence-electron chi connectivity index (χ0n) is 9.35. The van der Waals surface area contributed by atoms with Gasteiger partial charge in [-0.3, -0.25) is 0 Å². The van der Waals surface area contributed by atoms with Crippen LogP contribution in [0.2, 0.25) is 5.15 Å². The molecule has 0 bridgehead atoms. The highest BCUT2D eigenvalue weighted by molar-refractivity contribution is 6.29. The molecule has 0 amide bonds. The minimum Gasteiger partial charge on any atom is -0.380 e. The second kappa shape index (κ2) is 5.61. The summed E-state index contributed by atoms with van der Waals surface area (Å²) in [6.45, 7) is 0.585. The van der Waals surface area contributed by atoms with E-state index in [-0.39, 0.29) is 0 Å². The Morgan fingerprint density at radius 1 is 1.24 bits per heavy atom. The third-order valence-corrected chi connectivity index (χ3v) is 2.34. The second-order valence-corrected chi connectivity index (χ2v) is 3.89. The van der Waals surface area contributed by atoms with Gasteiger partial charge in [0.2, 0.25) is 0 Å². The Kier molecular flexibility index (Phi) is 3.90. The Bertz CT molecular complexity index is 487. The molecule has 5 heteroatoms. The van der Waals surface area contributed by atoms with Crippen LogP contribution in [0, 0.1) is 0 Å². The van der Waals surface area contributed by atoms with Crippen LogP contribution in [0.4, 0.5) is 11.5 Å². The molecule has 0 saturated carbocycles. The van der Waals surface area contributed by atoms with Crippen molar-refractivity contribution in [3.8, 4) is 0 Å². The van der Waals surface area contributed by atoms with Crippen LogP contribution < -0.4 is 5.32 Å².